The maximum atomic E-state index is 14.2. The number of sulfone groups is 1. The van der Waals surface area contributed by atoms with Crippen LogP contribution in [0.1, 0.15) is 55.5 Å². The second-order valence-corrected chi connectivity index (χ2v) is 16.6. The number of hydrogen-bond acceptors (Lipinski definition) is 13. The first-order chi connectivity index (χ1) is 25.0. The normalized spacial score (nSPS) is 18.1. The quantitative estimate of drug-likeness (QED) is 0.0618. The smallest absolute Gasteiger partial charge is 0.222 e. The molecule has 1 saturated heterocycles. The van der Waals surface area contributed by atoms with E-state index in [0.29, 0.717) is 54.3 Å². The lowest BCUT2D eigenvalue weighted by molar-refractivity contribution is -0.126. The number of aliphatic hydroxyl groups is 5. The van der Waals surface area contributed by atoms with Crippen LogP contribution in [0.5, 0.6) is 5.75 Å². The molecule has 1 aliphatic heterocycles. The molecule has 0 aliphatic carbocycles. The molecule has 9 N–H and O–H groups in total. The number of ether oxygens (including phenoxy) is 1. The molecule has 1 aliphatic rings. The van der Waals surface area contributed by atoms with Gasteiger partial charge in [0.15, 0.2) is 21.5 Å². The van der Waals surface area contributed by atoms with E-state index in [2.05, 4.69) is 10.6 Å². The van der Waals surface area contributed by atoms with E-state index in [9.17, 15) is 51.6 Å². The molecule has 19 heteroatoms. The zero-order valence-corrected chi connectivity index (χ0v) is 30.4. The van der Waals surface area contributed by atoms with Crippen molar-refractivity contribution in [1.29, 1.82) is 0 Å². The Labute approximate surface area is 308 Å². The van der Waals surface area contributed by atoms with Gasteiger partial charge in [0.2, 0.25) is 11.8 Å². The highest BCUT2D eigenvalue weighted by Gasteiger charge is 2.42. The summed E-state index contributed by atoms with van der Waals surface area (Å²) in [6, 6.07) is 5.42. The van der Waals surface area contributed by atoms with E-state index in [0.717, 1.165) is 4.70 Å². The van der Waals surface area contributed by atoms with E-state index in [4.69, 9.17) is 20.6 Å². The number of carbonyl (C=O) groups is 2. The Morgan fingerprint density at radius 2 is 1.62 bits per heavy atom. The number of nitrogens with zero attached hydrogens (tertiary/aromatic N) is 1. The number of carbonyl (C=O) groups excluding carboxylic acids is 2. The van der Waals surface area contributed by atoms with Crippen LogP contribution in [0, 0.1) is 17.5 Å². The molecule has 3 aromatic rings. The van der Waals surface area contributed by atoms with E-state index in [1.54, 1.807) is 18.2 Å². The van der Waals surface area contributed by atoms with Gasteiger partial charge in [0.25, 0.3) is 0 Å². The number of halogens is 3. The summed E-state index contributed by atoms with van der Waals surface area (Å²) in [5.41, 5.74) is 5.39. The van der Waals surface area contributed by atoms with Crippen molar-refractivity contribution in [2.75, 3.05) is 31.3 Å². The second-order valence-electron chi connectivity index (χ2n) is 13.2. The number of aliphatic hydroxyl groups excluding tert-OH is 5. The predicted octanol–water partition coefficient (Wildman–Crippen LogP) is 0.685. The lowest BCUT2D eigenvalue weighted by Gasteiger charge is -2.36. The van der Waals surface area contributed by atoms with Gasteiger partial charge in [0, 0.05) is 31.5 Å². The topological polar surface area (TPSA) is 242 Å². The van der Waals surface area contributed by atoms with Crippen LogP contribution in [0.15, 0.2) is 30.3 Å². The molecule has 14 nitrogen and oxygen atoms in total. The molecule has 2 amide bonds. The van der Waals surface area contributed by atoms with Crippen molar-refractivity contribution in [3.63, 3.8) is 0 Å². The fraction of sp³-hybridized carbons (Fsp3) is 0.559. The summed E-state index contributed by atoms with van der Waals surface area (Å²) in [5, 5.41) is 53.5. The van der Waals surface area contributed by atoms with E-state index in [1.165, 1.54) is 11.3 Å². The highest BCUT2D eigenvalue weighted by atomic mass is 32.2. The van der Waals surface area contributed by atoms with Gasteiger partial charge in [-0.25, -0.2) is 26.6 Å². The summed E-state index contributed by atoms with van der Waals surface area (Å²) >= 11 is 1.27. The van der Waals surface area contributed by atoms with E-state index in [-0.39, 0.29) is 61.6 Å². The third-order valence-corrected chi connectivity index (χ3v) is 11.9. The molecule has 0 unspecified atom stereocenters. The SMILES string of the molecule is N[C@@H](CC(=O)NC1(c2nc3ccc(OCCCCCC(=O)NC[C@H](O)[C@@H](O)[C@@H](O)[C@H](O)CO)cc3s2)CCS(=O)(=O)CC1)Cc1cc(F)c(F)cc1F. The molecular weight excluding hydrogens is 746 g/mol. The van der Waals surface area contributed by atoms with Crippen LogP contribution >= 0.6 is 11.3 Å². The van der Waals surface area contributed by atoms with Crippen molar-refractivity contribution >= 4 is 43.2 Å². The van der Waals surface area contributed by atoms with Gasteiger partial charge in [-0.3, -0.25) is 9.59 Å². The number of aromatic nitrogens is 1. The van der Waals surface area contributed by atoms with Crippen LogP contribution in [0.3, 0.4) is 0 Å². The van der Waals surface area contributed by atoms with Crippen LogP contribution in [0.2, 0.25) is 0 Å². The summed E-state index contributed by atoms with van der Waals surface area (Å²) in [7, 11) is -3.34. The first-order valence-corrected chi connectivity index (χ1v) is 19.7. The third-order valence-electron chi connectivity index (χ3n) is 9.00. The van der Waals surface area contributed by atoms with Crippen LogP contribution in [0.4, 0.5) is 13.2 Å². The Hall–Kier alpha value is -3.43. The number of nitrogens with one attached hydrogen (secondary N) is 2. The fourth-order valence-electron chi connectivity index (χ4n) is 5.85. The number of nitrogens with two attached hydrogens (primary N) is 1. The Balaban J connectivity index is 1.29. The summed E-state index contributed by atoms with van der Waals surface area (Å²) in [6.45, 7) is -0.829. The van der Waals surface area contributed by atoms with E-state index >= 15 is 0 Å². The molecule has 4 rings (SSSR count). The van der Waals surface area contributed by atoms with Gasteiger partial charge in [-0.05, 0) is 68.4 Å². The van der Waals surface area contributed by atoms with Crippen LogP contribution in [0.25, 0.3) is 10.2 Å². The predicted molar refractivity (Wildman–Crippen MR) is 188 cm³/mol. The zero-order valence-electron chi connectivity index (χ0n) is 28.7. The van der Waals surface area contributed by atoms with Gasteiger partial charge in [0.1, 0.15) is 34.9 Å². The largest absolute Gasteiger partial charge is 0.494 e. The molecule has 5 atom stereocenters. The Morgan fingerprint density at radius 1 is 0.943 bits per heavy atom. The molecule has 0 saturated carbocycles. The van der Waals surface area contributed by atoms with Crippen molar-refractivity contribution in [3.05, 3.63) is 58.4 Å². The van der Waals surface area contributed by atoms with E-state index in [1.807, 2.05) is 0 Å². The second kappa shape index (κ2) is 18.7. The van der Waals surface area contributed by atoms with Gasteiger partial charge in [-0.15, -0.1) is 11.3 Å². The van der Waals surface area contributed by atoms with E-state index < -0.39 is 75.8 Å². The van der Waals surface area contributed by atoms with Crippen molar-refractivity contribution < 1.29 is 61.4 Å². The minimum atomic E-state index is -3.34. The minimum absolute atomic E-state index is 0.0652. The molecule has 0 spiro atoms. The molecule has 294 valence electrons. The molecular formula is C34H45F3N4O10S2. The summed E-state index contributed by atoms with van der Waals surface area (Å²) < 4.78 is 72.4. The van der Waals surface area contributed by atoms with Crippen molar-refractivity contribution in [2.24, 2.45) is 5.73 Å². The number of rotatable bonds is 19. The molecule has 53 heavy (non-hydrogen) atoms. The summed E-state index contributed by atoms with van der Waals surface area (Å²) in [6.07, 6.45) is -5.25. The Bertz CT molecular complexity index is 1820. The fourth-order valence-corrected chi connectivity index (χ4v) is 8.57. The number of benzene rings is 2. The highest BCUT2D eigenvalue weighted by Crippen LogP contribution is 2.39. The van der Waals surface area contributed by atoms with Crippen molar-refractivity contribution in [3.8, 4) is 5.75 Å². The lowest BCUT2D eigenvalue weighted by Crippen LogP contribution is -2.51. The van der Waals surface area contributed by atoms with Gasteiger partial charge in [-0.1, -0.05) is 0 Å². The zero-order chi connectivity index (χ0) is 38.9. The van der Waals surface area contributed by atoms with Crippen LogP contribution in [-0.4, -0.2) is 112 Å². The average Bonchev–Trinajstić information content (AvgIpc) is 3.55. The Morgan fingerprint density at radius 3 is 2.32 bits per heavy atom. The number of fused-ring (bicyclic) bond motifs is 1. The van der Waals surface area contributed by atoms with Crippen molar-refractivity contribution in [1.82, 2.24) is 15.6 Å². The maximum Gasteiger partial charge on any atom is 0.222 e. The first kappa shape index (κ1) is 42.3. The highest BCUT2D eigenvalue weighted by molar-refractivity contribution is 7.91. The Kier molecular flexibility index (Phi) is 15.0. The van der Waals surface area contributed by atoms with Crippen LogP contribution in [-0.2, 0) is 31.4 Å². The standard InChI is InChI=1S/C34H45F3N4O10S2/c35-22-16-24(37)23(36)13-19(22)12-20(38)14-30(46)41-34(7-10-53(49,50)11-8-34)33-40-25-6-5-21(15-28(25)52-33)51-9-3-1-2-4-29(45)39-17-26(43)31(47)32(48)27(44)18-42/h5-6,13,15-16,20,26-27,31-32,42-44,47-48H,1-4,7-12,14,17-18,38H2,(H,39,45)(H,41,46)/t20-,26+,27-,31-,32+/m1/s1. The molecule has 0 bridgehead atoms. The van der Waals surface area contributed by atoms with Crippen molar-refractivity contribution in [2.45, 2.75) is 87.4 Å². The number of thiazole rings is 1. The lowest BCUT2D eigenvalue weighted by atomic mass is 9.92. The monoisotopic (exact) mass is 790 g/mol. The molecule has 0 radical (unpaired) electrons. The summed E-state index contributed by atoms with van der Waals surface area (Å²) in [5.74, 6) is -4.30. The van der Waals surface area contributed by atoms with Crippen LogP contribution < -0.4 is 21.1 Å². The minimum Gasteiger partial charge on any atom is -0.494 e. The third kappa shape index (κ3) is 11.8. The van der Waals surface area contributed by atoms with Gasteiger partial charge in [-0.2, -0.15) is 0 Å². The van der Waals surface area contributed by atoms with Gasteiger partial charge in [0.05, 0.1) is 46.6 Å². The molecule has 2 heterocycles. The van der Waals surface area contributed by atoms with Gasteiger partial charge < -0.3 is 46.6 Å². The number of unbranched alkanes of at least 4 members (excludes halogenated alkanes) is 2. The maximum absolute atomic E-state index is 14.2. The molecule has 1 aromatic heterocycles. The average molecular weight is 791 g/mol. The summed E-state index contributed by atoms with van der Waals surface area (Å²) in [4.78, 5) is 30.0. The molecule has 2 aromatic carbocycles. The first-order valence-electron chi connectivity index (χ1n) is 17.1. The molecule has 1 fully saturated rings. The number of amides is 2. The number of hydrogen-bond donors (Lipinski definition) is 8. The van der Waals surface area contributed by atoms with Gasteiger partial charge >= 0.3 is 0 Å².